The molecule has 0 amide bonds. The molecule has 0 atom stereocenters. The predicted molar refractivity (Wildman–Crippen MR) is 67.8 cm³/mol. The van der Waals surface area contributed by atoms with Gasteiger partial charge in [0, 0.05) is 0 Å². The van der Waals surface area contributed by atoms with Crippen LogP contribution in [-0.4, -0.2) is 14.6 Å². The van der Waals surface area contributed by atoms with Crippen LogP contribution in [0.25, 0.3) is 17.0 Å². The molecule has 0 saturated carbocycles. The smallest absolute Gasteiger partial charge is 0.185 e. The highest BCUT2D eigenvalue weighted by atomic mass is 35.5. The van der Waals surface area contributed by atoms with Crippen molar-refractivity contribution in [3.05, 3.63) is 47.4 Å². The third-order valence-electron chi connectivity index (χ3n) is 2.65. The van der Waals surface area contributed by atoms with Crippen molar-refractivity contribution in [2.45, 2.75) is 0 Å². The van der Waals surface area contributed by atoms with Gasteiger partial charge in [-0.15, -0.1) is 10.2 Å². The Balaban J connectivity index is 2.38. The van der Waals surface area contributed by atoms with Crippen LogP contribution < -0.4 is 5.73 Å². The maximum absolute atomic E-state index is 13.8. The van der Waals surface area contributed by atoms with Gasteiger partial charge in [-0.05, 0) is 24.3 Å². The van der Waals surface area contributed by atoms with Gasteiger partial charge in [-0.25, -0.2) is 4.39 Å². The normalized spacial score (nSPS) is 11.0. The first-order valence-corrected chi connectivity index (χ1v) is 5.60. The van der Waals surface area contributed by atoms with E-state index >= 15 is 0 Å². The van der Waals surface area contributed by atoms with Crippen molar-refractivity contribution >= 4 is 22.9 Å². The van der Waals surface area contributed by atoms with E-state index in [4.69, 9.17) is 17.3 Å². The zero-order valence-corrected chi connectivity index (χ0v) is 9.89. The molecule has 4 nitrogen and oxygen atoms in total. The monoisotopic (exact) mass is 262 g/mol. The number of nitrogens with zero attached hydrogens (tertiary/aromatic N) is 3. The molecule has 18 heavy (non-hydrogen) atoms. The highest BCUT2D eigenvalue weighted by Gasteiger charge is 2.15. The summed E-state index contributed by atoms with van der Waals surface area (Å²) in [6.45, 7) is 0. The van der Waals surface area contributed by atoms with Gasteiger partial charge < -0.3 is 5.73 Å². The SMILES string of the molecule is Nc1ccc(Cl)n2c(-c3ccccc3F)nnc12. The number of nitrogen functional groups attached to an aromatic ring is 1. The van der Waals surface area contributed by atoms with E-state index in [2.05, 4.69) is 10.2 Å². The van der Waals surface area contributed by atoms with Gasteiger partial charge in [-0.2, -0.15) is 0 Å². The van der Waals surface area contributed by atoms with Gasteiger partial charge in [-0.3, -0.25) is 4.40 Å². The van der Waals surface area contributed by atoms with E-state index in [9.17, 15) is 4.39 Å². The van der Waals surface area contributed by atoms with Crippen LogP contribution >= 0.6 is 11.6 Å². The summed E-state index contributed by atoms with van der Waals surface area (Å²) in [5.41, 5.74) is 6.97. The summed E-state index contributed by atoms with van der Waals surface area (Å²) < 4.78 is 15.3. The summed E-state index contributed by atoms with van der Waals surface area (Å²) in [5.74, 6) is -0.0503. The number of hydrogen-bond donors (Lipinski definition) is 1. The average molecular weight is 263 g/mol. The quantitative estimate of drug-likeness (QED) is 0.686. The van der Waals surface area contributed by atoms with Crippen molar-refractivity contribution in [1.29, 1.82) is 0 Å². The predicted octanol–water partition coefficient (Wildman–Crippen LogP) is 2.77. The summed E-state index contributed by atoms with van der Waals surface area (Å²) in [6, 6.07) is 9.56. The van der Waals surface area contributed by atoms with Gasteiger partial charge in [0.25, 0.3) is 0 Å². The molecule has 0 aliphatic heterocycles. The summed E-state index contributed by atoms with van der Waals surface area (Å²) in [4.78, 5) is 0. The van der Waals surface area contributed by atoms with E-state index in [0.29, 0.717) is 27.9 Å². The summed E-state index contributed by atoms with van der Waals surface area (Å²) >= 11 is 6.08. The number of anilines is 1. The molecule has 0 aliphatic carbocycles. The Morgan fingerprint density at radius 1 is 1.11 bits per heavy atom. The first-order chi connectivity index (χ1) is 8.68. The molecule has 0 bridgehead atoms. The van der Waals surface area contributed by atoms with Gasteiger partial charge in [0.1, 0.15) is 11.0 Å². The number of hydrogen-bond acceptors (Lipinski definition) is 3. The molecule has 90 valence electrons. The average Bonchev–Trinajstić information content (AvgIpc) is 2.80. The van der Waals surface area contributed by atoms with Crippen LogP contribution in [0.5, 0.6) is 0 Å². The largest absolute Gasteiger partial charge is 0.396 e. The van der Waals surface area contributed by atoms with Gasteiger partial charge in [0.05, 0.1) is 11.3 Å². The number of benzene rings is 1. The summed E-state index contributed by atoms with van der Waals surface area (Å²) in [6.07, 6.45) is 0. The van der Waals surface area contributed by atoms with Gasteiger partial charge >= 0.3 is 0 Å². The molecule has 2 N–H and O–H groups in total. The first-order valence-electron chi connectivity index (χ1n) is 5.22. The Labute approximate surface area is 107 Å². The van der Waals surface area contributed by atoms with E-state index in [-0.39, 0.29) is 5.82 Å². The van der Waals surface area contributed by atoms with Gasteiger partial charge in [-0.1, -0.05) is 23.7 Å². The van der Waals surface area contributed by atoms with Gasteiger partial charge in [0.15, 0.2) is 11.5 Å². The second-order valence-corrected chi connectivity index (χ2v) is 4.16. The minimum Gasteiger partial charge on any atom is -0.396 e. The first kappa shape index (κ1) is 11.0. The van der Waals surface area contributed by atoms with Crippen molar-refractivity contribution in [3.8, 4) is 11.4 Å². The number of fused-ring (bicyclic) bond motifs is 1. The second-order valence-electron chi connectivity index (χ2n) is 3.77. The Morgan fingerprint density at radius 2 is 1.89 bits per heavy atom. The third kappa shape index (κ3) is 1.52. The van der Waals surface area contributed by atoms with Crippen molar-refractivity contribution in [1.82, 2.24) is 14.6 Å². The molecular weight excluding hydrogens is 255 g/mol. The van der Waals surface area contributed by atoms with E-state index in [1.807, 2.05) is 0 Å². The number of rotatable bonds is 1. The zero-order valence-electron chi connectivity index (χ0n) is 9.14. The Kier molecular flexibility index (Phi) is 2.41. The number of nitrogens with two attached hydrogens (primary N) is 1. The van der Waals surface area contributed by atoms with Crippen LogP contribution in [0.3, 0.4) is 0 Å². The maximum atomic E-state index is 13.8. The van der Waals surface area contributed by atoms with Crippen LogP contribution in [0.15, 0.2) is 36.4 Å². The Bertz CT molecular complexity index is 738. The van der Waals surface area contributed by atoms with Gasteiger partial charge in [0.2, 0.25) is 0 Å². The lowest BCUT2D eigenvalue weighted by atomic mass is 10.2. The lowest BCUT2D eigenvalue weighted by molar-refractivity contribution is 0.629. The summed E-state index contributed by atoms with van der Waals surface area (Å²) in [7, 11) is 0. The fraction of sp³-hybridized carbons (Fsp3) is 0. The van der Waals surface area contributed by atoms with Crippen molar-refractivity contribution in [2.24, 2.45) is 0 Å². The standard InChI is InChI=1S/C12H8ClFN4/c13-10-6-5-9(15)12-17-16-11(18(10)12)7-3-1-2-4-8(7)14/h1-6H,15H2. The van der Waals surface area contributed by atoms with E-state index in [0.717, 1.165) is 0 Å². The highest BCUT2D eigenvalue weighted by molar-refractivity contribution is 6.30. The number of halogens is 2. The fourth-order valence-electron chi connectivity index (χ4n) is 1.80. The highest BCUT2D eigenvalue weighted by Crippen LogP contribution is 2.26. The molecule has 2 aromatic heterocycles. The molecule has 0 saturated heterocycles. The lowest BCUT2D eigenvalue weighted by Gasteiger charge is -2.04. The van der Waals surface area contributed by atoms with Crippen molar-refractivity contribution in [2.75, 3.05) is 5.73 Å². The van der Waals surface area contributed by atoms with Crippen LogP contribution in [0.1, 0.15) is 0 Å². The molecule has 0 fully saturated rings. The third-order valence-corrected chi connectivity index (χ3v) is 2.95. The molecule has 2 heterocycles. The van der Waals surface area contributed by atoms with E-state index < -0.39 is 0 Å². The molecule has 3 aromatic rings. The van der Waals surface area contributed by atoms with Crippen molar-refractivity contribution < 1.29 is 4.39 Å². The molecule has 0 aliphatic rings. The molecule has 0 radical (unpaired) electrons. The van der Waals surface area contributed by atoms with Crippen LogP contribution in [0, 0.1) is 5.82 Å². The number of pyridine rings is 1. The Morgan fingerprint density at radius 3 is 2.67 bits per heavy atom. The fourth-order valence-corrected chi connectivity index (χ4v) is 2.02. The molecule has 0 spiro atoms. The molecule has 0 unspecified atom stereocenters. The Hall–Kier alpha value is -2.14. The number of aromatic nitrogens is 3. The van der Waals surface area contributed by atoms with Crippen molar-refractivity contribution in [3.63, 3.8) is 0 Å². The van der Waals surface area contributed by atoms with Crippen LogP contribution in [0.4, 0.5) is 10.1 Å². The molecular formula is C12H8ClFN4. The van der Waals surface area contributed by atoms with Crippen LogP contribution in [-0.2, 0) is 0 Å². The maximum Gasteiger partial charge on any atom is 0.185 e. The minimum absolute atomic E-state index is 0.331. The van der Waals surface area contributed by atoms with E-state index in [1.54, 1.807) is 30.3 Å². The zero-order chi connectivity index (χ0) is 12.7. The second kappa shape index (κ2) is 3.96. The van der Waals surface area contributed by atoms with E-state index in [1.165, 1.54) is 10.5 Å². The lowest BCUT2D eigenvalue weighted by Crippen LogP contribution is -1.96. The molecule has 6 heteroatoms. The molecule has 3 rings (SSSR count). The minimum atomic E-state index is -0.384. The molecule has 1 aromatic carbocycles. The van der Waals surface area contributed by atoms with Crippen LogP contribution in [0.2, 0.25) is 5.15 Å². The topological polar surface area (TPSA) is 56.2 Å². The summed E-state index contributed by atoms with van der Waals surface area (Å²) in [5, 5.41) is 8.27.